The minimum atomic E-state index is -3.45. The molecule has 0 saturated carbocycles. The van der Waals surface area contributed by atoms with Gasteiger partial charge in [-0.05, 0) is 43.0 Å². The average Bonchev–Trinajstić information content (AvgIpc) is 3.09. The van der Waals surface area contributed by atoms with Gasteiger partial charge in [0.1, 0.15) is 4.21 Å². The zero-order valence-corrected chi connectivity index (χ0v) is 15.1. The Hall–Kier alpha value is -0.920. The average molecular weight is 357 g/mol. The van der Waals surface area contributed by atoms with Crippen LogP contribution in [0.25, 0.3) is 0 Å². The van der Waals surface area contributed by atoms with Crippen LogP contribution < -0.4 is 0 Å². The van der Waals surface area contributed by atoms with Crippen LogP contribution in [0.4, 0.5) is 0 Å². The molecule has 2 saturated heterocycles. The van der Waals surface area contributed by atoms with Crippen LogP contribution in [-0.4, -0.2) is 49.7 Å². The van der Waals surface area contributed by atoms with E-state index in [1.165, 1.54) is 22.1 Å². The van der Waals surface area contributed by atoms with E-state index >= 15 is 0 Å². The summed E-state index contributed by atoms with van der Waals surface area (Å²) in [5.74, 6) is 0.494. The first-order valence-electron chi connectivity index (χ1n) is 8.31. The van der Waals surface area contributed by atoms with Crippen LogP contribution in [-0.2, 0) is 14.8 Å². The smallest absolute Gasteiger partial charge is 0.252 e. The van der Waals surface area contributed by atoms with Crippen LogP contribution in [0.3, 0.4) is 0 Å². The van der Waals surface area contributed by atoms with Crippen molar-refractivity contribution in [2.24, 2.45) is 11.8 Å². The molecule has 3 heterocycles. The van der Waals surface area contributed by atoms with Crippen LogP contribution in [0.15, 0.2) is 21.7 Å². The standard InChI is InChI=1S/C16H24N2O3S2/c1-13-5-2-8-17(11-13)16(19)14-6-3-9-18(12-14)23(20,21)15-7-4-10-22-15/h4,7,10,13-14H,2-3,5-6,8-9,11-12H2,1H3. The molecule has 3 rings (SSSR count). The minimum Gasteiger partial charge on any atom is -0.342 e. The Kier molecular flexibility index (Phi) is 5.08. The molecule has 1 amide bonds. The molecule has 1 aromatic rings. The molecule has 2 atom stereocenters. The lowest BCUT2D eigenvalue weighted by Gasteiger charge is -2.37. The molecule has 23 heavy (non-hydrogen) atoms. The fourth-order valence-corrected chi connectivity index (χ4v) is 6.22. The molecule has 0 aliphatic carbocycles. The summed E-state index contributed by atoms with van der Waals surface area (Å²) >= 11 is 1.24. The number of sulfonamides is 1. The van der Waals surface area contributed by atoms with Crippen molar-refractivity contribution in [3.63, 3.8) is 0 Å². The number of carbonyl (C=O) groups is 1. The molecule has 2 aliphatic rings. The first-order valence-corrected chi connectivity index (χ1v) is 10.6. The summed E-state index contributed by atoms with van der Waals surface area (Å²) in [7, 11) is -3.45. The number of hydrogen-bond acceptors (Lipinski definition) is 4. The molecule has 0 spiro atoms. The van der Waals surface area contributed by atoms with Crippen molar-refractivity contribution < 1.29 is 13.2 Å². The van der Waals surface area contributed by atoms with Gasteiger partial charge in [0.15, 0.2) is 0 Å². The zero-order chi connectivity index (χ0) is 16.4. The van der Waals surface area contributed by atoms with Gasteiger partial charge in [-0.15, -0.1) is 11.3 Å². The Bertz CT molecular complexity index is 642. The summed E-state index contributed by atoms with van der Waals surface area (Å²) in [5.41, 5.74) is 0. The third kappa shape index (κ3) is 3.61. The second-order valence-electron chi connectivity index (χ2n) is 6.67. The number of piperidine rings is 2. The predicted molar refractivity (Wildman–Crippen MR) is 90.8 cm³/mol. The highest BCUT2D eigenvalue weighted by Gasteiger charge is 2.36. The molecule has 1 aromatic heterocycles. The highest BCUT2D eigenvalue weighted by Crippen LogP contribution is 2.28. The molecular weight excluding hydrogens is 332 g/mol. The van der Waals surface area contributed by atoms with Gasteiger partial charge >= 0.3 is 0 Å². The van der Waals surface area contributed by atoms with Gasteiger partial charge in [0.25, 0.3) is 10.0 Å². The van der Waals surface area contributed by atoms with E-state index in [1.807, 2.05) is 4.90 Å². The molecule has 0 aromatic carbocycles. The summed E-state index contributed by atoms with van der Waals surface area (Å²) < 4.78 is 27.2. The first-order chi connectivity index (χ1) is 11.0. The molecule has 128 valence electrons. The summed E-state index contributed by atoms with van der Waals surface area (Å²) in [5, 5.41) is 1.77. The Morgan fingerprint density at radius 2 is 2.00 bits per heavy atom. The van der Waals surface area contributed by atoms with E-state index in [0.29, 0.717) is 23.2 Å². The number of carbonyl (C=O) groups excluding carboxylic acids is 1. The second-order valence-corrected chi connectivity index (χ2v) is 9.78. The lowest BCUT2D eigenvalue weighted by Crippen LogP contribution is -2.48. The summed E-state index contributed by atoms with van der Waals surface area (Å²) in [6.07, 6.45) is 3.77. The molecule has 7 heteroatoms. The maximum Gasteiger partial charge on any atom is 0.252 e. The van der Waals surface area contributed by atoms with E-state index in [0.717, 1.165) is 32.4 Å². The number of hydrogen-bond donors (Lipinski definition) is 0. The predicted octanol–water partition coefficient (Wildman–Crippen LogP) is 2.41. The molecule has 5 nitrogen and oxygen atoms in total. The van der Waals surface area contributed by atoms with Crippen LogP contribution in [0, 0.1) is 11.8 Å². The maximum absolute atomic E-state index is 12.8. The van der Waals surface area contributed by atoms with E-state index in [2.05, 4.69) is 6.92 Å². The molecule has 0 N–H and O–H groups in total. The number of thiophene rings is 1. The van der Waals surface area contributed by atoms with E-state index in [-0.39, 0.29) is 11.8 Å². The van der Waals surface area contributed by atoms with Gasteiger partial charge in [0, 0.05) is 26.2 Å². The Balaban J connectivity index is 1.70. The summed E-state index contributed by atoms with van der Waals surface area (Å²) in [4.78, 5) is 14.7. The van der Waals surface area contributed by atoms with E-state index < -0.39 is 10.0 Å². The van der Waals surface area contributed by atoms with E-state index in [4.69, 9.17) is 0 Å². The highest BCUT2D eigenvalue weighted by molar-refractivity contribution is 7.91. The Labute approximate surface area is 142 Å². The van der Waals surface area contributed by atoms with Crippen molar-refractivity contribution in [2.75, 3.05) is 26.2 Å². The topological polar surface area (TPSA) is 57.7 Å². The SMILES string of the molecule is CC1CCCN(C(=O)C2CCCN(S(=O)(=O)c3cccs3)C2)C1. The van der Waals surface area contributed by atoms with Crippen molar-refractivity contribution in [1.29, 1.82) is 0 Å². The van der Waals surface area contributed by atoms with Gasteiger partial charge in [-0.2, -0.15) is 4.31 Å². The van der Waals surface area contributed by atoms with Gasteiger partial charge in [0.05, 0.1) is 5.92 Å². The molecule has 2 fully saturated rings. The lowest BCUT2D eigenvalue weighted by molar-refractivity contribution is -0.138. The third-order valence-corrected chi connectivity index (χ3v) is 8.03. The molecule has 0 radical (unpaired) electrons. The second kappa shape index (κ2) is 6.91. The number of amides is 1. The fourth-order valence-electron chi connectivity index (χ4n) is 3.55. The molecule has 2 unspecified atom stereocenters. The van der Waals surface area contributed by atoms with Gasteiger partial charge < -0.3 is 4.90 Å². The van der Waals surface area contributed by atoms with Gasteiger partial charge in [0.2, 0.25) is 5.91 Å². The third-order valence-electron chi connectivity index (χ3n) is 4.79. The first kappa shape index (κ1) is 16.9. The van der Waals surface area contributed by atoms with Crippen LogP contribution in [0.1, 0.15) is 32.6 Å². The van der Waals surface area contributed by atoms with Crippen molar-refractivity contribution >= 4 is 27.3 Å². The summed E-state index contributed by atoms with van der Waals surface area (Å²) in [6, 6.07) is 3.39. The molecule has 2 aliphatic heterocycles. The normalized spacial score (nSPS) is 27.1. The monoisotopic (exact) mass is 356 g/mol. The largest absolute Gasteiger partial charge is 0.342 e. The number of likely N-dealkylation sites (tertiary alicyclic amines) is 1. The number of nitrogens with zero attached hydrogens (tertiary/aromatic N) is 2. The van der Waals surface area contributed by atoms with Gasteiger partial charge in [-0.3, -0.25) is 4.79 Å². The van der Waals surface area contributed by atoms with Crippen LogP contribution >= 0.6 is 11.3 Å². The maximum atomic E-state index is 12.8. The van der Waals surface area contributed by atoms with Gasteiger partial charge in [-0.1, -0.05) is 13.0 Å². The van der Waals surface area contributed by atoms with Crippen molar-refractivity contribution in [1.82, 2.24) is 9.21 Å². The van der Waals surface area contributed by atoms with Gasteiger partial charge in [-0.25, -0.2) is 8.42 Å². The Morgan fingerprint density at radius 3 is 2.70 bits per heavy atom. The minimum absolute atomic E-state index is 0.141. The molecule has 0 bridgehead atoms. The fraction of sp³-hybridized carbons (Fsp3) is 0.688. The van der Waals surface area contributed by atoms with E-state index in [1.54, 1.807) is 17.5 Å². The lowest BCUT2D eigenvalue weighted by atomic mass is 9.94. The van der Waals surface area contributed by atoms with Crippen molar-refractivity contribution in [2.45, 2.75) is 36.8 Å². The summed E-state index contributed by atoms with van der Waals surface area (Å²) in [6.45, 7) is 4.64. The Morgan fingerprint density at radius 1 is 1.22 bits per heavy atom. The van der Waals surface area contributed by atoms with Crippen LogP contribution in [0.2, 0.25) is 0 Å². The van der Waals surface area contributed by atoms with E-state index in [9.17, 15) is 13.2 Å². The van der Waals surface area contributed by atoms with Crippen LogP contribution in [0.5, 0.6) is 0 Å². The zero-order valence-electron chi connectivity index (χ0n) is 13.5. The number of rotatable bonds is 3. The van der Waals surface area contributed by atoms with Crippen molar-refractivity contribution in [3.8, 4) is 0 Å². The molecular formula is C16H24N2O3S2. The van der Waals surface area contributed by atoms with Crippen molar-refractivity contribution in [3.05, 3.63) is 17.5 Å². The highest BCUT2D eigenvalue weighted by atomic mass is 32.2. The quantitative estimate of drug-likeness (QED) is 0.836.